The van der Waals surface area contributed by atoms with E-state index >= 15 is 0 Å². The number of carbonyl (C=O) groups excluding carboxylic acids is 1. The molecular formula is C27H25N3O3S. The lowest BCUT2D eigenvalue weighted by Gasteiger charge is -2.12. The number of aromatic nitrogens is 1. The number of hydrogen-bond acceptors (Lipinski definition) is 4. The molecule has 0 aliphatic rings. The van der Waals surface area contributed by atoms with Crippen LogP contribution in [0.5, 0.6) is 0 Å². The van der Waals surface area contributed by atoms with Crippen LogP contribution in [0.3, 0.4) is 0 Å². The highest BCUT2D eigenvalue weighted by atomic mass is 32.2. The van der Waals surface area contributed by atoms with Crippen LogP contribution in [0.1, 0.15) is 32.6 Å². The average molecular weight is 472 g/mol. The number of pyridine rings is 1. The van der Waals surface area contributed by atoms with Crippen molar-refractivity contribution in [3.63, 3.8) is 0 Å². The number of nitrogens with one attached hydrogen (secondary N) is 2. The second-order valence-corrected chi connectivity index (χ2v) is 9.81. The summed E-state index contributed by atoms with van der Waals surface area (Å²) in [6.07, 6.45) is 4.29. The van der Waals surface area contributed by atoms with Gasteiger partial charge in [0.15, 0.2) is 0 Å². The van der Waals surface area contributed by atoms with Gasteiger partial charge in [-0.1, -0.05) is 35.9 Å². The maximum Gasteiger partial charge on any atom is 0.261 e. The van der Waals surface area contributed by atoms with Gasteiger partial charge in [-0.25, -0.2) is 8.42 Å². The topological polar surface area (TPSA) is 88.2 Å². The maximum absolute atomic E-state index is 13.0. The monoisotopic (exact) mass is 471 g/mol. The lowest BCUT2D eigenvalue weighted by atomic mass is 10.1. The quantitative estimate of drug-likeness (QED) is 0.381. The maximum atomic E-state index is 13.0. The van der Waals surface area contributed by atoms with Gasteiger partial charge in [-0.15, -0.1) is 0 Å². The highest BCUT2D eigenvalue weighted by Crippen LogP contribution is 2.21. The number of aryl methyl sites for hydroxylation is 2. The first-order valence-corrected chi connectivity index (χ1v) is 12.3. The molecule has 7 heteroatoms. The van der Waals surface area contributed by atoms with E-state index in [1.54, 1.807) is 37.5 Å². The highest BCUT2D eigenvalue weighted by Gasteiger charge is 2.18. The van der Waals surface area contributed by atoms with E-state index in [0.717, 1.165) is 23.1 Å². The zero-order valence-electron chi connectivity index (χ0n) is 18.9. The Labute approximate surface area is 199 Å². The molecule has 4 aromatic rings. The first-order valence-electron chi connectivity index (χ1n) is 10.8. The van der Waals surface area contributed by atoms with Crippen molar-refractivity contribution in [2.45, 2.75) is 25.2 Å². The molecule has 0 saturated carbocycles. The molecule has 0 unspecified atom stereocenters. The van der Waals surface area contributed by atoms with Crippen molar-refractivity contribution in [2.75, 3.05) is 10.0 Å². The predicted molar refractivity (Wildman–Crippen MR) is 135 cm³/mol. The standard InChI is InChI=1S/C27H25N3O3S/c1-19-3-8-24(9-4-19)30-34(32,33)25-12-5-20(2)26(18-25)27(31)29-23-10-6-21(7-11-23)17-22-13-15-28-16-14-22/h3-16,18,30H,17H2,1-2H3,(H,29,31). The van der Waals surface area contributed by atoms with Gasteiger partial charge in [0.25, 0.3) is 15.9 Å². The van der Waals surface area contributed by atoms with Crippen LogP contribution < -0.4 is 10.0 Å². The summed E-state index contributed by atoms with van der Waals surface area (Å²) in [5, 5.41) is 2.86. The molecule has 0 radical (unpaired) electrons. The third-order valence-electron chi connectivity index (χ3n) is 5.44. The summed E-state index contributed by atoms with van der Waals surface area (Å²) in [4.78, 5) is 17.0. The van der Waals surface area contributed by atoms with E-state index < -0.39 is 10.0 Å². The number of benzene rings is 3. The van der Waals surface area contributed by atoms with Crippen LogP contribution in [0.15, 0.2) is 96.2 Å². The zero-order chi connectivity index (χ0) is 24.1. The van der Waals surface area contributed by atoms with Crippen molar-refractivity contribution < 1.29 is 13.2 Å². The lowest BCUT2D eigenvalue weighted by molar-refractivity contribution is 0.102. The Hall–Kier alpha value is -3.97. The smallest absolute Gasteiger partial charge is 0.261 e. The van der Waals surface area contributed by atoms with Gasteiger partial charge in [0, 0.05) is 29.3 Å². The largest absolute Gasteiger partial charge is 0.322 e. The van der Waals surface area contributed by atoms with Crippen LogP contribution >= 0.6 is 0 Å². The number of nitrogens with zero attached hydrogens (tertiary/aromatic N) is 1. The lowest BCUT2D eigenvalue weighted by Crippen LogP contribution is -2.17. The van der Waals surface area contributed by atoms with E-state index in [0.29, 0.717) is 22.5 Å². The number of rotatable bonds is 7. The fourth-order valence-electron chi connectivity index (χ4n) is 3.49. The van der Waals surface area contributed by atoms with E-state index in [9.17, 15) is 13.2 Å². The Morgan fingerprint density at radius 2 is 1.41 bits per heavy atom. The summed E-state index contributed by atoms with van der Waals surface area (Å²) in [6, 6.07) is 23.1. The van der Waals surface area contributed by atoms with E-state index in [1.807, 2.05) is 55.5 Å². The molecule has 3 aromatic carbocycles. The normalized spacial score (nSPS) is 11.1. The number of sulfonamides is 1. The molecule has 0 aliphatic heterocycles. The summed E-state index contributed by atoms with van der Waals surface area (Å²) < 4.78 is 28.3. The van der Waals surface area contributed by atoms with Crippen molar-refractivity contribution in [1.29, 1.82) is 0 Å². The molecule has 1 heterocycles. The Morgan fingerprint density at radius 1 is 0.794 bits per heavy atom. The van der Waals surface area contributed by atoms with E-state index in [1.165, 1.54) is 12.1 Å². The van der Waals surface area contributed by atoms with Crippen LogP contribution in [-0.4, -0.2) is 19.3 Å². The third-order valence-corrected chi connectivity index (χ3v) is 6.82. The Balaban J connectivity index is 1.49. The first-order chi connectivity index (χ1) is 16.3. The Kier molecular flexibility index (Phi) is 6.75. The van der Waals surface area contributed by atoms with Crippen LogP contribution in [0.4, 0.5) is 11.4 Å². The summed E-state index contributed by atoms with van der Waals surface area (Å²) in [7, 11) is -3.84. The van der Waals surface area contributed by atoms with E-state index in [2.05, 4.69) is 15.0 Å². The van der Waals surface area contributed by atoms with Crippen LogP contribution in [-0.2, 0) is 16.4 Å². The van der Waals surface area contributed by atoms with E-state index in [4.69, 9.17) is 0 Å². The number of hydrogen-bond donors (Lipinski definition) is 2. The van der Waals surface area contributed by atoms with Crippen LogP contribution in [0, 0.1) is 13.8 Å². The molecule has 0 spiro atoms. The van der Waals surface area contributed by atoms with Gasteiger partial charge in [-0.3, -0.25) is 14.5 Å². The molecule has 0 saturated heterocycles. The molecule has 4 rings (SSSR count). The molecule has 0 fully saturated rings. The predicted octanol–water partition coefficient (Wildman–Crippen LogP) is 5.34. The van der Waals surface area contributed by atoms with Gasteiger partial charge in [0.1, 0.15) is 0 Å². The highest BCUT2D eigenvalue weighted by molar-refractivity contribution is 7.92. The minimum absolute atomic E-state index is 0.0246. The first kappa shape index (κ1) is 23.2. The van der Waals surface area contributed by atoms with Crippen molar-refractivity contribution in [1.82, 2.24) is 4.98 Å². The molecule has 172 valence electrons. The molecule has 0 aliphatic carbocycles. The second kappa shape index (κ2) is 9.89. The minimum atomic E-state index is -3.84. The summed E-state index contributed by atoms with van der Waals surface area (Å²) in [5.41, 5.74) is 5.37. The number of amides is 1. The SMILES string of the molecule is Cc1ccc(NS(=O)(=O)c2ccc(C)c(C(=O)Nc3ccc(Cc4ccncc4)cc3)c2)cc1. The van der Waals surface area contributed by atoms with Gasteiger partial charge in [0.05, 0.1) is 4.90 Å². The second-order valence-electron chi connectivity index (χ2n) is 8.13. The van der Waals surface area contributed by atoms with Crippen molar-refractivity contribution in [3.05, 3.63) is 119 Å². The van der Waals surface area contributed by atoms with Gasteiger partial charge >= 0.3 is 0 Å². The van der Waals surface area contributed by atoms with Gasteiger partial charge in [0.2, 0.25) is 0 Å². The average Bonchev–Trinajstić information content (AvgIpc) is 2.82. The molecule has 6 nitrogen and oxygen atoms in total. The third kappa shape index (κ3) is 5.68. The molecule has 2 N–H and O–H groups in total. The van der Waals surface area contributed by atoms with Crippen molar-refractivity contribution in [2.24, 2.45) is 0 Å². The zero-order valence-corrected chi connectivity index (χ0v) is 19.8. The summed E-state index contributed by atoms with van der Waals surface area (Å²) in [6.45, 7) is 3.70. The molecule has 34 heavy (non-hydrogen) atoms. The van der Waals surface area contributed by atoms with Crippen molar-refractivity contribution >= 4 is 27.3 Å². The van der Waals surface area contributed by atoms with Crippen LogP contribution in [0.2, 0.25) is 0 Å². The molecule has 1 amide bonds. The molecule has 0 atom stereocenters. The molecule has 0 bridgehead atoms. The molecule has 1 aromatic heterocycles. The fraction of sp³-hybridized carbons (Fsp3) is 0.111. The van der Waals surface area contributed by atoms with Crippen molar-refractivity contribution in [3.8, 4) is 0 Å². The van der Waals surface area contributed by atoms with Gasteiger partial charge in [-0.2, -0.15) is 0 Å². The van der Waals surface area contributed by atoms with E-state index in [-0.39, 0.29) is 10.8 Å². The number of carbonyl (C=O) groups is 1. The summed E-state index contributed by atoms with van der Waals surface area (Å²) in [5.74, 6) is -0.369. The Bertz CT molecular complexity index is 1400. The minimum Gasteiger partial charge on any atom is -0.322 e. The Morgan fingerprint density at radius 3 is 2.09 bits per heavy atom. The fourth-order valence-corrected chi connectivity index (χ4v) is 4.57. The molecular weight excluding hydrogens is 446 g/mol. The van der Waals surface area contributed by atoms with Gasteiger partial charge in [-0.05, 0) is 85.5 Å². The summed E-state index contributed by atoms with van der Waals surface area (Å²) >= 11 is 0. The van der Waals surface area contributed by atoms with Crippen LogP contribution in [0.25, 0.3) is 0 Å². The van der Waals surface area contributed by atoms with Gasteiger partial charge < -0.3 is 5.32 Å². The number of anilines is 2.